The summed E-state index contributed by atoms with van der Waals surface area (Å²) in [4.78, 5) is 14.0. The fourth-order valence-corrected chi connectivity index (χ4v) is 4.82. The number of hydrogen-bond donors (Lipinski definition) is 3. The molecule has 3 N–H and O–H groups in total. The van der Waals surface area contributed by atoms with Gasteiger partial charge in [0.25, 0.3) is 0 Å². The van der Waals surface area contributed by atoms with Gasteiger partial charge in [0.2, 0.25) is 5.91 Å². The van der Waals surface area contributed by atoms with Crippen molar-refractivity contribution < 1.29 is 19.0 Å². The lowest BCUT2D eigenvalue weighted by Crippen LogP contribution is -2.25. The number of methoxy groups -OCH3 is 3. The number of nitrogens with one attached hydrogen (secondary N) is 3. The SMILES string of the molecule is CCC(Sc1cccc(NC(=S)Nc2ccccc2OC)c1)C(=O)Nc1cc(Cl)c(OC)cc1OC. The van der Waals surface area contributed by atoms with Gasteiger partial charge in [-0.1, -0.05) is 36.7 Å². The number of anilines is 3. The van der Waals surface area contributed by atoms with Crippen molar-refractivity contribution in [3.63, 3.8) is 0 Å². The Balaban J connectivity index is 1.67. The molecule has 0 radical (unpaired) electrons. The third kappa shape index (κ3) is 7.19. The maximum atomic E-state index is 13.1. The molecule has 3 rings (SSSR count). The maximum Gasteiger partial charge on any atom is 0.237 e. The van der Waals surface area contributed by atoms with E-state index in [2.05, 4.69) is 16.0 Å². The molecule has 36 heavy (non-hydrogen) atoms. The molecule has 0 fully saturated rings. The maximum absolute atomic E-state index is 13.1. The van der Waals surface area contributed by atoms with Crippen molar-refractivity contribution in [2.24, 2.45) is 0 Å². The van der Waals surface area contributed by atoms with E-state index in [0.717, 1.165) is 16.3 Å². The number of thiocarbonyl (C=S) groups is 1. The van der Waals surface area contributed by atoms with Gasteiger partial charge >= 0.3 is 0 Å². The van der Waals surface area contributed by atoms with E-state index in [1.807, 2.05) is 55.5 Å². The Morgan fingerprint density at radius 3 is 2.31 bits per heavy atom. The first-order valence-electron chi connectivity index (χ1n) is 11.1. The monoisotopic (exact) mass is 545 g/mol. The van der Waals surface area contributed by atoms with Crippen LogP contribution in [0.25, 0.3) is 0 Å². The highest BCUT2D eigenvalue weighted by atomic mass is 35.5. The smallest absolute Gasteiger partial charge is 0.237 e. The molecule has 1 amide bonds. The zero-order chi connectivity index (χ0) is 26.1. The molecule has 3 aromatic rings. The fourth-order valence-electron chi connectivity index (χ4n) is 3.34. The lowest BCUT2D eigenvalue weighted by Gasteiger charge is -2.18. The summed E-state index contributed by atoms with van der Waals surface area (Å²) >= 11 is 13.2. The molecule has 0 spiro atoms. The van der Waals surface area contributed by atoms with Crippen molar-refractivity contribution in [1.82, 2.24) is 0 Å². The number of para-hydroxylation sites is 2. The van der Waals surface area contributed by atoms with E-state index in [-0.39, 0.29) is 11.2 Å². The molecule has 0 saturated carbocycles. The van der Waals surface area contributed by atoms with Crippen LogP contribution in [0.2, 0.25) is 5.02 Å². The third-order valence-corrected chi connectivity index (χ3v) is 6.98. The van der Waals surface area contributed by atoms with E-state index in [4.69, 9.17) is 38.0 Å². The Kier molecular flexibility index (Phi) is 10.1. The second kappa shape index (κ2) is 13.2. The number of hydrogen-bond acceptors (Lipinski definition) is 6. The number of carbonyl (C=O) groups excluding carboxylic acids is 1. The molecular formula is C26H28ClN3O4S2. The average Bonchev–Trinajstić information content (AvgIpc) is 2.87. The van der Waals surface area contributed by atoms with Crippen molar-refractivity contribution in [3.8, 4) is 17.2 Å². The summed E-state index contributed by atoms with van der Waals surface area (Å²) in [5, 5.41) is 9.72. The van der Waals surface area contributed by atoms with Crippen LogP contribution in [0, 0.1) is 0 Å². The quantitative estimate of drug-likeness (QED) is 0.192. The van der Waals surface area contributed by atoms with Crippen LogP contribution >= 0.6 is 35.6 Å². The summed E-state index contributed by atoms with van der Waals surface area (Å²) in [5.41, 5.74) is 2.04. The van der Waals surface area contributed by atoms with Crippen molar-refractivity contribution in [3.05, 3.63) is 65.7 Å². The lowest BCUT2D eigenvalue weighted by molar-refractivity contribution is -0.115. The molecule has 0 bridgehead atoms. The van der Waals surface area contributed by atoms with E-state index >= 15 is 0 Å². The molecule has 0 aliphatic heterocycles. The zero-order valence-electron chi connectivity index (χ0n) is 20.4. The predicted octanol–water partition coefficient (Wildman–Crippen LogP) is 6.68. The van der Waals surface area contributed by atoms with E-state index < -0.39 is 0 Å². The zero-order valence-corrected chi connectivity index (χ0v) is 22.8. The highest BCUT2D eigenvalue weighted by molar-refractivity contribution is 8.00. The number of halogens is 1. The van der Waals surface area contributed by atoms with Gasteiger partial charge in [0.1, 0.15) is 17.2 Å². The topological polar surface area (TPSA) is 80.9 Å². The molecular weight excluding hydrogens is 518 g/mol. The van der Waals surface area contributed by atoms with Gasteiger partial charge in [-0.3, -0.25) is 4.79 Å². The van der Waals surface area contributed by atoms with Crippen molar-refractivity contribution in [2.45, 2.75) is 23.5 Å². The third-order valence-electron chi connectivity index (χ3n) is 5.12. The number of benzene rings is 3. The van der Waals surface area contributed by atoms with Gasteiger partial charge in [-0.2, -0.15) is 0 Å². The van der Waals surface area contributed by atoms with Crippen LogP contribution in [0.4, 0.5) is 17.1 Å². The average molecular weight is 546 g/mol. The lowest BCUT2D eigenvalue weighted by atomic mass is 10.2. The van der Waals surface area contributed by atoms with Crippen molar-refractivity contribution in [1.29, 1.82) is 0 Å². The highest BCUT2D eigenvalue weighted by Gasteiger charge is 2.21. The number of thioether (sulfide) groups is 1. The molecule has 7 nitrogen and oxygen atoms in total. The van der Waals surface area contributed by atoms with Gasteiger partial charge in [-0.15, -0.1) is 11.8 Å². The van der Waals surface area contributed by atoms with Crippen LogP contribution in [0.5, 0.6) is 17.2 Å². The van der Waals surface area contributed by atoms with Crippen LogP contribution in [0.3, 0.4) is 0 Å². The Labute approximate surface area is 225 Å². The van der Waals surface area contributed by atoms with Gasteiger partial charge in [-0.25, -0.2) is 0 Å². The molecule has 1 unspecified atom stereocenters. The molecule has 0 aliphatic rings. The number of ether oxygens (including phenoxy) is 3. The molecule has 0 saturated heterocycles. The van der Waals surface area contributed by atoms with Gasteiger partial charge in [0.15, 0.2) is 5.11 Å². The van der Waals surface area contributed by atoms with Crippen LogP contribution in [-0.2, 0) is 4.79 Å². The molecule has 0 aromatic heterocycles. The van der Waals surface area contributed by atoms with Gasteiger partial charge in [0.05, 0.1) is 43.0 Å². The van der Waals surface area contributed by atoms with Crippen LogP contribution in [0.1, 0.15) is 13.3 Å². The molecule has 10 heteroatoms. The number of amides is 1. The van der Waals surface area contributed by atoms with E-state index in [1.54, 1.807) is 19.2 Å². The van der Waals surface area contributed by atoms with E-state index in [1.165, 1.54) is 26.0 Å². The normalized spacial score (nSPS) is 11.2. The van der Waals surface area contributed by atoms with Gasteiger partial charge < -0.3 is 30.2 Å². The summed E-state index contributed by atoms with van der Waals surface area (Å²) < 4.78 is 16.0. The molecule has 0 aliphatic carbocycles. The molecule has 3 aromatic carbocycles. The number of carbonyl (C=O) groups is 1. The molecule has 0 heterocycles. The first kappa shape index (κ1) is 27.4. The Morgan fingerprint density at radius 2 is 1.61 bits per heavy atom. The van der Waals surface area contributed by atoms with Crippen molar-refractivity contribution >= 4 is 63.7 Å². The standard InChI is InChI=1S/C26H28ClN3O4S2/c1-5-24(25(31)29-20-14-18(27)22(33-3)15-23(20)34-4)36-17-10-8-9-16(13-17)28-26(35)30-19-11-6-7-12-21(19)32-2/h6-15,24H,5H2,1-4H3,(H,29,31)(H2,28,30,35). The minimum Gasteiger partial charge on any atom is -0.495 e. The van der Waals surface area contributed by atoms with Crippen molar-refractivity contribution in [2.75, 3.05) is 37.3 Å². The summed E-state index contributed by atoms with van der Waals surface area (Å²) in [6.45, 7) is 1.96. The first-order valence-corrected chi connectivity index (χ1v) is 12.7. The Morgan fingerprint density at radius 1 is 0.889 bits per heavy atom. The highest BCUT2D eigenvalue weighted by Crippen LogP contribution is 2.37. The van der Waals surface area contributed by atoms with E-state index in [9.17, 15) is 4.79 Å². The summed E-state index contributed by atoms with van der Waals surface area (Å²) in [5.74, 6) is 1.47. The van der Waals surface area contributed by atoms with Crippen LogP contribution < -0.4 is 30.2 Å². The van der Waals surface area contributed by atoms with Crippen LogP contribution in [-0.4, -0.2) is 37.6 Å². The minimum atomic E-state index is -0.343. The number of rotatable bonds is 10. The Hall–Kier alpha value is -3.14. The second-order valence-corrected chi connectivity index (χ2v) is 9.59. The molecule has 1 atom stereocenters. The largest absolute Gasteiger partial charge is 0.495 e. The predicted molar refractivity (Wildman–Crippen MR) is 152 cm³/mol. The second-order valence-electron chi connectivity index (χ2n) is 7.50. The summed E-state index contributed by atoms with van der Waals surface area (Å²) in [6.07, 6.45) is 0.619. The summed E-state index contributed by atoms with van der Waals surface area (Å²) in [6, 6.07) is 18.5. The first-order chi connectivity index (χ1) is 17.4. The van der Waals surface area contributed by atoms with Gasteiger partial charge in [0, 0.05) is 16.6 Å². The minimum absolute atomic E-state index is 0.159. The van der Waals surface area contributed by atoms with E-state index in [0.29, 0.717) is 39.5 Å². The summed E-state index contributed by atoms with van der Waals surface area (Å²) in [7, 11) is 4.65. The Bertz CT molecular complexity index is 1230. The fraction of sp³-hybridized carbons (Fsp3) is 0.231. The molecule has 190 valence electrons. The van der Waals surface area contributed by atoms with Gasteiger partial charge in [-0.05, 0) is 55.0 Å². The van der Waals surface area contributed by atoms with Crippen LogP contribution in [0.15, 0.2) is 65.6 Å².